The Morgan fingerprint density at radius 3 is 2.72 bits per heavy atom. The first-order chi connectivity index (χ1) is 11.8. The molecule has 2 aromatic rings. The molecule has 0 spiro atoms. The second kappa shape index (κ2) is 7.16. The molecule has 134 valence electrons. The molecule has 0 N–H and O–H groups in total. The molecule has 25 heavy (non-hydrogen) atoms. The van der Waals surface area contributed by atoms with Crippen molar-refractivity contribution in [2.75, 3.05) is 13.1 Å². The van der Waals surface area contributed by atoms with E-state index >= 15 is 0 Å². The minimum Gasteiger partial charge on any atom is -0.342 e. The predicted octanol–water partition coefficient (Wildman–Crippen LogP) is 4.53. The summed E-state index contributed by atoms with van der Waals surface area (Å²) in [6.45, 7) is 7.72. The third kappa shape index (κ3) is 4.60. The molecule has 1 atom stereocenters. The molecule has 1 fully saturated rings. The molecule has 0 bridgehead atoms. The van der Waals surface area contributed by atoms with Gasteiger partial charge in [-0.25, -0.2) is 0 Å². The number of halogens is 1. The Morgan fingerprint density at radius 2 is 2.04 bits per heavy atom. The number of aromatic nitrogens is 2. The van der Waals surface area contributed by atoms with Gasteiger partial charge in [-0.05, 0) is 42.5 Å². The third-order valence-electron chi connectivity index (χ3n) is 4.35. The van der Waals surface area contributed by atoms with Crippen LogP contribution in [0, 0.1) is 5.41 Å². The van der Waals surface area contributed by atoms with Gasteiger partial charge in [0, 0.05) is 30.1 Å². The number of hydrogen-bond acceptors (Lipinski definition) is 4. The van der Waals surface area contributed by atoms with Gasteiger partial charge >= 0.3 is 0 Å². The minimum absolute atomic E-state index is 0.00370. The first-order valence-corrected chi connectivity index (χ1v) is 9.07. The highest BCUT2D eigenvalue weighted by atomic mass is 35.5. The Bertz CT molecular complexity index is 734. The van der Waals surface area contributed by atoms with Gasteiger partial charge in [-0.15, -0.1) is 0 Å². The minimum atomic E-state index is -0.00370. The van der Waals surface area contributed by atoms with Crippen LogP contribution < -0.4 is 0 Å². The van der Waals surface area contributed by atoms with Crippen LogP contribution in [0.1, 0.15) is 51.8 Å². The van der Waals surface area contributed by atoms with Gasteiger partial charge in [-0.2, -0.15) is 4.98 Å². The third-order valence-corrected chi connectivity index (χ3v) is 4.60. The Morgan fingerprint density at radius 1 is 1.32 bits per heavy atom. The van der Waals surface area contributed by atoms with Crippen LogP contribution >= 0.6 is 11.6 Å². The van der Waals surface area contributed by atoms with Crippen molar-refractivity contribution in [3.63, 3.8) is 0 Å². The van der Waals surface area contributed by atoms with E-state index in [4.69, 9.17) is 16.1 Å². The normalized spacial score (nSPS) is 18.4. The monoisotopic (exact) mass is 361 g/mol. The summed E-state index contributed by atoms with van der Waals surface area (Å²) in [6, 6.07) is 7.36. The summed E-state index contributed by atoms with van der Waals surface area (Å²) in [7, 11) is 0. The summed E-state index contributed by atoms with van der Waals surface area (Å²) < 4.78 is 5.49. The molecule has 1 unspecified atom stereocenters. The average molecular weight is 362 g/mol. The number of hydrogen-bond donors (Lipinski definition) is 0. The second-order valence-corrected chi connectivity index (χ2v) is 8.32. The molecule has 1 amide bonds. The Labute approximate surface area is 153 Å². The quantitative estimate of drug-likeness (QED) is 0.805. The maximum Gasteiger partial charge on any atom is 0.231 e. The van der Waals surface area contributed by atoms with Gasteiger partial charge in [0.15, 0.2) is 0 Å². The highest BCUT2D eigenvalue weighted by Gasteiger charge is 2.30. The highest BCUT2D eigenvalue weighted by Crippen LogP contribution is 2.29. The van der Waals surface area contributed by atoms with E-state index in [-0.39, 0.29) is 17.2 Å². The molecular formula is C19H24ClN3O2. The zero-order valence-corrected chi connectivity index (χ0v) is 15.7. The van der Waals surface area contributed by atoms with Crippen LogP contribution in [0.4, 0.5) is 0 Å². The molecule has 1 aliphatic heterocycles. The van der Waals surface area contributed by atoms with E-state index in [9.17, 15) is 4.79 Å². The fraction of sp³-hybridized carbons (Fsp3) is 0.526. The van der Waals surface area contributed by atoms with Gasteiger partial charge in [0.25, 0.3) is 0 Å². The van der Waals surface area contributed by atoms with Gasteiger partial charge in [0.1, 0.15) is 0 Å². The Balaban J connectivity index is 1.70. The van der Waals surface area contributed by atoms with Gasteiger partial charge in [-0.3, -0.25) is 4.79 Å². The molecule has 0 saturated carbocycles. The number of piperidine rings is 1. The van der Waals surface area contributed by atoms with Crippen LogP contribution in [0.2, 0.25) is 5.02 Å². The molecule has 0 radical (unpaired) electrons. The number of carbonyl (C=O) groups excluding carboxylic acids is 1. The van der Waals surface area contributed by atoms with Gasteiger partial charge in [-0.1, -0.05) is 37.5 Å². The number of nitrogens with zero attached hydrogens (tertiary/aromatic N) is 3. The van der Waals surface area contributed by atoms with Crippen LogP contribution in [0.15, 0.2) is 28.8 Å². The fourth-order valence-electron chi connectivity index (χ4n) is 3.09. The van der Waals surface area contributed by atoms with E-state index in [1.165, 1.54) is 0 Å². The molecule has 2 heterocycles. The van der Waals surface area contributed by atoms with Crippen LogP contribution in [0.25, 0.3) is 11.4 Å². The maximum atomic E-state index is 12.5. The lowest BCUT2D eigenvalue weighted by molar-refractivity contribution is -0.134. The van der Waals surface area contributed by atoms with Crippen molar-refractivity contribution in [3.05, 3.63) is 35.2 Å². The number of amides is 1. The van der Waals surface area contributed by atoms with Crippen LogP contribution in [0.3, 0.4) is 0 Å². The first kappa shape index (κ1) is 17.9. The molecule has 1 aromatic carbocycles. The van der Waals surface area contributed by atoms with Crippen LogP contribution in [-0.2, 0) is 4.79 Å². The topological polar surface area (TPSA) is 59.2 Å². The predicted molar refractivity (Wildman–Crippen MR) is 97.4 cm³/mol. The molecule has 3 rings (SSSR count). The summed E-state index contributed by atoms with van der Waals surface area (Å²) in [5.74, 6) is 1.48. The largest absolute Gasteiger partial charge is 0.342 e. The fourth-order valence-corrected chi connectivity index (χ4v) is 3.21. The molecule has 5 nitrogen and oxygen atoms in total. The van der Waals surface area contributed by atoms with E-state index in [1.54, 1.807) is 12.1 Å². The zero-order chi connectivity index (χ0) is 18.0. The zero-order valence-electron chi connectivity index (χ0n) is 15.0. The summed E-state index contributed by atoms with van der Waals surface area (Å²) in [4.78, 5) is 19.0. The van der Waals surface area contributed by atoms with Gasteiger partial charge in [0.05, 0.1) is 5.92 Å². The van der Waals surface area contributed by atoms with Gasteiger partial charge < -0.3 is 9.42 Å². The molecule has 0 aliphatic carbocycles. The van der Waals surface area contributed by atoms with E-state index in [0.29, 0.717) is 29.7 Å². The molecule has 1 saturated heterocycles. The van der Waals surface area contributed by atoms with Crippen molar-refractivity contribution in [3.8, 4) is 11.4 Å². The molecule has 1 aromatic heterocycles. The average Bonchev–Trinajstić information content (AvgIpc) is 3.04. The summed E-state index contributed by atoms with van der Waals surface area (Å²) in [5, 5.41) is 4.76. The van der Waals surface area contributed by atoms with Crippen molar-refractivity contribution in [2.24, 2.45) is 5.41 Å². The van der Waals surface area contributed by atoms with E-state index in [2.05, 4.69) is 30.9 Å². The number of benzene rings is 1. The van der Waals surface area contributed by atoms with E-state index < -0.39 is 0 Å². The number of likely N-dealkylation sites (tertiary alicyclic amines) is 1. The molecule has 1 aliphatic rings. The van der Waals surface area contributed by atoms with Crippen molar-refractivity contribution >= 4 is 17.5 Å². The van der Waals surface area contributed by atoms with Gasteiger partial charge in [0.2, 0.25) is 17.6 Å². The standard InChI is InChI=1S/C19H24ClN3O2/c1-19(2,3)11-16(24)23-10-4-5-14(12-23)18-21-17(22-25-18)13-6-8-15(20)9-7-13/h6-9,14H,4-5,10-12H2,1-3H3. The smallest absolute Gasteiger partial charge is 0.231 e. The highest BCUT2D eigenvalue weighted by molar-refractivity contribution is 6.30. The van der Waals surface area contributed by atoms with Crippen molar-refractivity contribution in [1.29, 1.82) is 0 Å². The van der Waals surface area contributed by atoms with E-state index in [1.807, 2.05) is 17.0 Å². The van der Waals surface area contributed by atoms with E-state index in [0.717, 1.165) is 24.9 Å². The number of carbonyl (C=O) groups is 1. The Kier molecular flexibility index (Phi) is 5.13. The van der Waals surface area contributed by atoms with Crippen molar-refractivity contribution < 1.29 is 9.32 Å². The maximum absolute atomic E-state index is 12.5. The molecular weight excluding hydrogens is 338 g/mol. The lowest BCUT2D eigenvalue weighted by Crippen LogP contribution is -2.40. The van der Waals surface area contributed by atoms with Crippen LogP contribution in [-0.4, -0.2) is 34.0 Å². The summed E-state index contributed by atoms with van der Waals surface area (Å²) in [6.07, 6.45) is 2.47. The van der Waals surface area contributed by atoms with Crippen molar-refractivity contribution in [2.45, 2.75) is 46.0 Å². The SMILES string of the molecule is CC(C)(C)CC(=O)N1CCCC(c2nc(-c3ccc(Cl)cc3)no2)C1. The second-order valence-electron chi connectivity index (χ2n) is 7.88. The lowest BCUT2D eigenvalue weighted by atomic mass is 9.90. The first-order valence-electron chi connectivity index (χ1n) is 8.69. The Hall–Kier alpha value is -1.88. The number of rotatable bonds is 3. The molecule has 6 heteroatoms. The van der Waals surface area contributed by atoms with Crippen molar-refractivity contribution in [1.82, 2.24) is 15.0 Å². The van der Waals surface area contributed by atoms with Crippen LogP contribution in [0.5, 0.6) is 0 Å². The summed E-state index contributed by atoms with van der Waals surface area (Å²) in [5.41, 5.74) is 0.867. The lowest BCUT2D eigenvalue weighted by Gasteiger charge is -2.33. The summed E-state index contributed by atoms with van der Waals surface area (Å²) >= 11 is 5.92.